The van der Waals surface area contributed by atoms with Crippen molar-refractivity contribution in [2.75, 3.05) is 11.9 Å². The number of nitrogens with zero attached hydrogens (tertiary/aromatic N) is 2. The molecule has 19 heavy (non-hydrogen) atoms. The summed E-state index contributed by atoms with van der Waals surface area (Å²) in [6, 6.07) is 9.00. The number of amides is 2. The molecule has 98 valence electrons. The van der Waals surface area contributed by atoms with Gasteiger partial charge in [-0.3, -0.25) is 0 Å². The Balaban J connectivity index is 2.07. The van der Waals surface area contributed by atoms with E-state index in [2.05, 4.69) is 31.3 Å². The molecule has 0 saturated carbocycles. The van der Waals surface area contributed by atoms with E-state index in [0.717, 1.165) is 0 Å². The minimum absolute atomic E-state index is 0.126. The van der Waals surface area contributed by atoms with Gasteiger partial charge in [0.1, 0.15) is 0 Å². The Morgan fingerprint density at radius 2 is 2.32 bits per heavy atom. The van der Waals surface area contributed by atoms with Crippen molar-refractivity contribution in [2.24, 2.45) is 5.92 Å². The third kappa shape index (κ3) is 2.94. The van der Waals surface area contributed by atoms with Crippen LogP contribution in [0.25, 0.3) is 0 Å². The van der Waals surface area contributed by atoms with Crippen LogP contribution < -0.4 is 5.32 Å². The number of benzene rings is 1. The van der Waals surface area contributed by atoms with Gasteiger partial charge in [-0.2, -0.15) is 5.26 Å². The van der Waals surface area contributed by atoms with Crippen molar-refractivity contribution in [3.05, 3.63) is 42.0 Å². The standard InChI is InChI=1S/C15H17N3O/c1-11(2)14-7-4-8-18(14)15(19)17-13-6-3-5-12(9-13)10-16/h3-7,9,11,14H,8H2,1-2H3,(H,17,19)/t14-/m0/s1. The summed E-state index contributed by atoms with van der Waals surface area (Å²) in [6.45, 7) is 4.82. The van der Waals surface area contributed by atoms with Gasteiger partial charge in [0.05, 0.1) is 17.7 Å². The van der Waals surface area contributed by atoms with Gasteiger partial charge in [0, 0.05) is 12.2 Å². The van der Waals surface area contributed by atoms with E-state index in [0.29, 0.717) is 23.7 Å². The number of carbonyl (C=O) groups excluding carboxylic acids is 1. The Morgan fingerprint density at radius 3 is 3.00 bits per heavy atom. The second-order valence-electron chi connectivity index (χ2n) is 4.94. The Morgan fingerprint density at radius 1 is 1.53 bits per heavy atom. The molecular formula is C15H17N3O. The second-order valence-corrected chi connectivity index (χ2v) is 4.94. The van der Waals surface area contributed by atoms with Crippen LogP contribution in [-0.2, 0) is 0 Å². The normalized spacial score (nSPS) is 17.6. The first-order valence-electron chi connectivity index (χ1n) is 6.36. The molecule has 1 heterocycles. The largest absolute Gasteiger partial charge is 0.322 e. The van der Waals surface area contributed by atoms with Gasteiger partial charge in [0.15, 0.2) is 0 Å². The maximum Gasteiger partial charge on any atom is 0.322 e. The Labute approximate surface area is 113 Å². The summed E-state index contributed by atoms with van der Waals surface area (Å²) in [5, 5.41) is 11.7. The number of hydrogen-bond donors (Lipinski definition) is 1. The quantitative estimate of drug-likeness (QED) is 0.826. The number of hydrogen-bond acceptors (Lipinski definition) is 2. The van der Waals surface area contributed by atoms with Crippen LogP contribution >= 0.6 is 0 Å². The van der Waals surface area contributed by atoms with Crippen molar-refractivity contribution in [2.45, 2.75) is 19.9 Å². The highest BCUT2D eigenvalue weighted by molar-refractivity contribution is 5.90. The Kier molecular flexibility index (Phi) is 3.86. The molecule has 0 unspecified atom stereocenters. The van der Waals surface area contributed by atoms with Crippen LogP contribution in [0.1, 0.15) is 19.4 Å². The highest BCUT2D eigenvalue weighted by Crippen LogP contribution is 2.19. The summed E-state index contributed by atoms with van der Waals surface area (Å²) in [7, 11) is 0. The first-order valence-corrected chi connectivity index (χ1v) is 6.36. The minimum atomic E-state index is -0.126. The molecule has 1 aromatic carbocycles. The van der Waals surface area contributed by atoms with E-state index in [1.807, 2.05) is 6.08 Å². The molecule has 1 aliphatic rings. The van der Waals surface area contributed by atoms with Crippen LogP contribution in [0.2, 0.25) is 0 Å². The fourth-order valence-electron chi connectivity index (χ4n) is 2.20. The third-order valence-electron chi connectivity index (χ3n) is 3.18. The fraction of sp³-hybridized carbons (Fsp3) is 0.333. The zero-order valence-corrected chi connectivity index (χ0v) is 11.1. The van der Waals surface area contributed by atoms with Crippen molar-refractivity contribution < 1.29 is 4.79 Å². The molecule has 1 N–H and O–H groups in total. The molecule has 4 heteroatoms. The zero-order valence-electron chi connectivity index (χ0n) is 11.1. The van der Waals surface area contributed by atoms with Crippen molar-refractivity contribution >= 4 is 11.7 Å². The van der Waals surface area contributed by atoms with Crippen molar-refractivity contribution in [1.29, 1.82) is 5.26 Å². The Hall–Kier alpha value is -2.28. The third-order valence-corrected chi connectivity index (χ3v) is 3.18. The van der Waals surface area contributed by atoms with Crippen LogP contribution in [0.4, 0.5) is 10.5 Å². The summed E-state index contributed by atoms with van der Waals surface area (Å²) in [5.74, 6) is 0.384. The number of rotatable bonds is 2. The molecule has 0 saturated heterocycles. The second kappa shape index (κ2) is 5.57. The van der Waals surface area contributed by atoms with Crippen LogP contribution in [0.5, 0.6) is 0 Å². The minimum Gasteiger partial charge on any atom is -0.314 e. The summed E-state index contributed by atoms with van der Waals surface area (Å²) in [5.41, 5.74) is 1.19. The van der Waals surface area contributed by atoms with Crippen LogP contribution in [0.3, 0.4) is 0 Å². The predicted molar refractivity (Wildman–Crippen MR) is 74.6 cm³/mol. The lowest BCUT2D eigenvalue weighted by Crippen LogP contribution is -2.41. The lowest BCUT2D eigenvalue weighted by Gasteiger charge is -2.27. The summed E-state index contributed by atoms with van der Waals surface area (Å²) in [6.07, 6.45) is 4.08. The van der Waals surface area contributed by atoms with E-state index in [9.17, 15) is 4.79 Å². The van der Waals surface area contributed by atoms with Gasteiger partial charge in [0.2, 0.25) is 0 Å². The first kappa shape index (κ1) is 13.2. The molecule has 0 bridgehead atoms. The molecule has 0 radical (unpaired) electrons. The predicted octanol–water partition coefficient (Wildman–Crippen LogP) is 2.99. The molecule has 0 spiro atoms. The highest BCUT2D eigenvalue weighted by atomic mass is 16.2. The lowest BCUT2D eigenvalue weighted by atomic mass is 10.1. The van der Waals surface area contributed by atoms with Gasteiger partial charge >= 0.3 is 6.03 Å². The zero-order chi connectivity index (χ0) is 13.8. The summed E-state index contributed by atoms with van der Waals surface area (Å²) < 4.78 is 0. The fourth-order valence-corrected chi connectivity index (χ4v) is 2.20. The molecule has 1 aromatic rings. The average Bonchev–Trinajstić information content (AvgIpc) is 2.88. The van der Waals surface area contributed by atoms with Crippen molar-refractivity contribution in [3.63, 3.8) is 0 Å². The SMILES string of the molecule is CC(C)[C@@H]1C=CCN1C(=O)Nc1cccc(C#N)c1. The van der Waals surface area contributed by atoms with Gasteiger partial charge in [-0.1, -0.05) is 32.1 Å². The van der Waals surface area contributed by atoms with E-state index in [1.54, 1.807) is 29.2 Å². The maximum absolute atomic E-state index is 12.2. The monoisotopic (exact) mass is 255 g/mol. The van der Waals surface area contributed by atoms with E-state index in [1.165, 1.54) is 0 Å². The number of carbonyl (C=O) groups is 1. The molecule has 0 fully saturated rings. The summed E-state index contributed by atoms with van der Waals surface area (Å²) >= 11 is 0. The van der Waals surface area contributed by atoms with Gasteiger partial charge in [-0.05, 0) is 24.1 Å². The van der Waals surface area contributed by atoms with E-state index < -0.39 is 0 Å². The van der Waals surface area contributed by atoms with Crippen LogP contribution in [-0.4, -0.2) is 23.5 Å². The molecule has 1 aliphatic heterocycles. The molecule has 4 nitrogen and oxygen atoms in total. The van der Waals surface area contributed by atoms with Crippen LogP contribution in [0.15, 0.2) is 36.4 Å². The Bertz CT molecular complexity index is 543. The first-order chi connectivity index (χ1) is 9.11. The number of nitrogens with one attached hydrogen (secondary N) is 1. The van der Waals surface area contributed by atoms with Gasteiger partial charge in [-0.15, -0.1) is 0 Å². The van der Waals surface area contributed by atoms with E-state index >= 15 is 0 Å². The average molecular weight is 255 g/mol. The van der Waals surface area contributed by atoms with Crippen molar-refractivity contribution in [1.82, 2.24) is 4.90 Å². The van der Waals surface area contributed by atoms with E-state index in [4.69, 9.17) is 5.26 Å². The molecule has 1 atom stereocenters. The van der Waals surface area contributed by atoms with E-state index in [-0.39, 0.29) is 12.1 Å². The van der Waals surface area contributed by atoms with Crippen LogP contribution in [0, 0.1) is 17.2 Å². The smallest absolute Gasteiger partial charge is 0.314 e. The van der Waals surface area contributed by atoms with Gasteiger partial charge in [-0.25, -0.2) is 4.79 Å². The summed E-state index contributed by atoms with van der Waals surface area (Å²) in [4.78, 5) is 14.0. The van der Waals surface area contributed by atoms with Gasteiger partial charge in [0.25, 0.3) is 0 Å². The molecule has 2 amide bonds. The maximum atomic E-state index is 12.2. The molecular weight excluding hydrogens is 238 g/mol. The lowest BCUT2D eigenvalue weighted by molar-refractivity contribution is 0.199. The molecule has 0 aliphatic carbocycles. The number of urea groups is 1. The van der Waals surface area contributed by atoms with Gasteiger partial charge < -0.3 is 10.2 Å². The van der Waals surface area contributed by atoms with Crippen molar-refractivity contribution in [3.8, 4) is 6.07 Å². The number of nitriles is 1. The molecule has 0 aromatic heterocycles. The molecule has 2 rings (SSSR count). The highest BCUT2D eigenvalue weighted by Gasteiger charge is 2.26. The number of anilines is 1. The topological polar surface area (TPSA) is 56.1 Å².